The molecular weight excluding hydrogens is 408 g/mol. The van der Waals surface area contributed by atoms with E-state index < -0.39 is 10.0 Å². The Morgan fingerprint density at radius 3 is 2.35 bits per heavy atom. The van der Waals surface area contributed by atoms with Gasteiger partial charge in [0.05, 0.1) is 4.90 Å². The summed E-state index contributed by atoms with van der Waals surface area (Å²) >= 11 is 0. The molecule has 0 atom stereocenters. The molecule has 0 unspecified atom stereocenters. The SMILES string of the molecule is CCN(Cc1ccc(C(=O)NCCC2=CCCCC2)cc1)S(=O)(=O)c1ccc(C)cc1. The van der Waals surface area contributed by atoms with E-state index in [9.17, 15) is 13.2 Å². The highest BCUT2D eigenvalue weighted by Crippen LogP contribution is 2.20. The second kappa shape index (κ2) is 10.7. The molecule has 1 aliphatic carbocycles. The standard InChI is InChI=1S/C25H32N2O3S/c1-3-27(31(29,30)24-15-9-20(2)10-16-24)19-22-11-13-23(14-12-22)25(28)26-18-17-21-7-5-4-6-8-21/h7,9-16H,3-6,8,17-19H2,1-2H3,(H,26,28). The molecule has 1 N–H and O–H groups in total. The van der Waals surface area contributed by atoms with Crippen LogP contribution in [-0.2, 0) is 16.6 Å². The minimum absolute atomic E-state index is 0.0948. The Hall–Kier alpha value is -2.44. The Kier molecular flexibility index (Phi) is 8.04. The first-order chi connectivity index (χ1) is 14.9. The van der Waals surface area contributed by atoms with Crippen molar-refractivity contribution in [2.45, 2.75) is 57.4 Å². The molecule has 0 saturated heterocycles. The number of aryl methyl sites for hydroxylation is 1. The monoisotopic (exact) mass is 440 g/mol. The number of carbonyl (C=O) groups is 1. The van der Waals surface area contributed by atoms with Crippen LogP contribution in [0.2, 0.25) is 0 Å². The van der Waals surface area contributed by atoms with Crippen molar-refractivity contribution in [3.05, 3.63) is 76.9 Å². The van der Waals surface area contributed by atoms with Crippen molar-refractivity contribution in [1.82, 2.24) is 9.62 Å². The largest absolute Gasteiger partial charge is 0.352 e. The van der Waals surface area contributed by atoms with E-state index in [2.05, 4.69) is 11.4 Å². The first-order valence-electron chi connectivity index (χ1n) is 11.0. The van der Waals surface area contributed by atoms with Crippen LogP contribution >= 0.6 is 0 Å². The van der Waals surface area contributed by atoms with Crippen LogP contribution in [0.3, 0.4) is 0 Å². The highest BCUT2D eigenvalue weighted by molar-refractivity contribution is 7.89. The van der Waals surface area contributed by atoms with Gasteiger partial charge in [0.15, 0.2) is 0 Å². The van der Waals surface area contributed by atoms with Gasteiger partial charge in [-0.25, -0.2) is 8.42 Å². The zero-order valence-electron chi connectivity index (χ0n) is 18.4. The maximum absolute atomic E-state index is 13.0. The topological polar surface area (TPSA) is 66.5 Å². The van der Waals surface area contributed by atoms with Gasteiger partial charge in [0, 0.05) is 25.2 Å². The second-order valence-electron chi connectivity index (χ2n) is 8.06. The average Bonchev–Trinajstić information content (AvgIpc) is 2.78. The zero-order chi connectivity index (χ0) is 22.3. The van der Waals surface area contributed by atoms with E-state index >= 15 is 0 Å². The van der Waals surface area contributed by atoms with Crippen molar-refractivity contribution in [3.63, 3.8) is 0 Å². The molecule has 0 radical (unpaired) electrons. The van der Waals surface area contributed by atoms with Gasteiger partial charge in [-0.3, -0.25) is 4.79 Å². The first-order valence-corrected chi connectivity index (χ1v) is 12.5. The number of nitrogens with one attached hydrogen (secondary N) is 1. The van der Waals surface area contributed by atoms with Crippen LogP contribution in [0.4, 0.5) is 0 Å². The Morgan fingerprint density at radius 2 is 1.74 bits per heavy atom. The third kappa shape index (κ3) is 6.28. The second-order valence-corrected chi connectivity index (χ2v) is 9.99. The van der Waals surface area contributed by atoms with Gasteiger partial charge in [0.1, 0.15) is 0 Å². The molecule has 31 heavy (non-hydrogen) atoms. The summed E-state index contributed by atoms with van der Waals surface area (Å²) in [4.78, 5) is 12.7. The quantitative estimate of drug-likeness (QED) is 0.568. The molecule has 0 fully saturated rings. The summed E-state index contributed by atoms with van der Waals surface area (Å²) in [7, 11) is -3.57. The molecular formula is C25H32N2O3S. The molecule has 0 spiro atoms. The summed E-state index contributed by atoms with van der Waals surface area (Å²) < 4.78 is 27.4. The van der Waals surface area contributed by atoms with E-state index in [0.717, 1.165) is 30.4 Å². The van der Waals surface area contributed by atoms with E-state index in [0.29, 0.717) is 23.5 Å². The Balaban J connectivity index is 1.58. The van der Waals surface area contributed by atoms with Crippen molar-refractivity contribution >= 4 is 15.9 Å². The molecule has 0 saturated carbocycles. The molecule has 0 aromatic heterocycles. The minimum atomic E-state index is -3.57. The van der Waals surface area contributed by atoms with Crippen LogP contribution in [0.1, 0.15) is 60.5 Å². The lowest BCUT2D eigenvalue weighted by Gasteiger charge is -2.21. The number of carbonyl (C=O) groups excluding carboxylic acids is 1. The minimum Gasteiger partial charge on any atom is -0.352 e. The number of nitrogens with zero attached hydrogens (tertiary/aromatic N) is 1. The number of rotatable bonds is 9. The molecule has 2 aromatic carbocycles. The Bertz CT molecular complexity index is 1010. The molecule has 166 valence electrons. The van der Waals surface area contributed by atoms with Crippen molar-refractivity contribution in [1.29, 1.82) is 0 Å². The molecule has 0 heterocycles. The van der Waals surface area contributed by atoms with Crippen LogP contribution in [0.5, 0.6) is 0 Å². The summed E-state index contributed by atoms with van der Waals surface area (Å²) in [5.41, 5.74) is 3.90. The van der Waals surface area contributed by atoms with Gasteiger partial charge in [-0.2, -0.15) is 4.31 Å². The Morgan fingerprint density at radius 1 is 1.03 bits per heavy atom. The third-order valence-corrected chi connectivity index (χ3v) is 7.64. The third-order valence-electron chi connectivity index (χ3n) is 5.70. The van der Waals surface area contributed by atoms with Gasteiger partial charge in [-0.15, -0.1) is 0 Å². The summed E-state index contributed by atoms with van der Waals surface area (Å²) in [6.07, 6.45) is 8.02. The number of amides is 1. The van der Waals surface area contributed by atoms with Crippen molar-refractivity contribution < 1.29 is 13.2 Å². The maximum atomic E-state index is 13.0. The van der Waals surface area contributed by atoms with E-state index in [1.54, 1.807) is 36.4 Å². The van der Waals surface area contributed by atoms with Gasteiger partial charge in [0.2, 0.25) is 10.0 Å². The van der Waals surface area contributed by atoms with Crippen LogP contribution in [0, 0.1) is 6.92 Å². The van der Waals surface area contributed by atoms with Crippen LogP contribution in [-0.4, -0.2) is 31.7 Å². The predicted octanol–water partition coefficient (Wildman–Crippen LogP) is 4.83. The maximum Gasteiger partial charge on any atom is 0.251 e. The number of benzene rings is 2. The summed E-state index contributed by atoms with van der Waals surface area (Å²) in [6.45, 7) is 5.04. The lowest BCUT2D eigenvalue weighted by Crippen LogP contribution is -2.30. The smallest absolute Gasteiger partial charge is 0.251 e. The zero-order valence-corrected chi connectivity index (χ0v) is 19.2. The van der Waals surface area contributed by atoms with E-state index in [-0.39, 0.29) is 12.5 Å². The molecule has 0 bridgehead atoms. The van der Waals surface area contributed by atoms with Crippen molar-refractivity contribution in [2.75, 3.05) is 13.1 Å². The van der Waals surface area contributed by atoms with E-state index in [4.69, 9.17) is 0 Å². The number of hydrogen-bond donors (Lipinski definition) is 1. The number of hydrogen-bond acceptors (Lipinski definition) is 3. The van der Waals surface area contributed by atoms with E-state index in [1.165, 1.54) is 22.7 Å². The Labute approximate surface area is 186 Å². The van der Waals surface area contributed by atoms with Crippen LogP contribution in [0.15, 0.2) is 65.1 Å². The highest BCUT2D eigenvalue weighted by Gasteiger charge is 2.23. The normalized spacial score (nSPS) is 14.4. The fourth-order valence-electron chi connectivity index (χ4n) is 3.76. The van der Waals surface area contributed by atoms with Gasteiger partial charge >= 0.3 is 0 Å². The fraction of sp³-hybridized carbons (Fsp3) is 0.400. The summed E-state index contributed by atoms with van der Waals surface area (Å²) in [6, 6.07) is 14.1. The predicted molar refractivity (Wildman–Crippen MR) is 124 cm³/mol. The highest BCUT2D eigenvalue weighted by atomic mass is 32.2. The van der Waals surface area contributed by atoms with Gasteiger partial charge < -0.3 is 5.32 Å². The lowest BCUT2D eigenvalue weighted by atomic mass is 9.97. The first kappa shape index (κ1) is 23.2. The molecule has 3 rings (SSSR count). The fourth-order valence-corrected chi connectivity index (χ4v) is 5.20. The van der Waals surface area contributed by atoms with Gasteiger partial charge in [-0.1, -0.05) is 48.4 Å². The summed E-state index contributed by atoms with van der Waals surface area (Å²) in [5, 5.41) is 2.98. The molecule has 2 aromatic rings. The van der Waals surface area contributed by atoms with Crippen LogP contribution in [0.25, 0.3) is 0 Å². The molecule has 6 heteroatoms. The average molecular weight is 441 g/mol. The number of allylic oxidation sites excluding steroid dienone is 1. The van der Waals surface area contributed by atoms with E-state index in [1.807, 2.05) is 26.0 Å². The molecule has 1 amide bonds. The van der Waals surface area contributed by atoms with Crippen LogP contribution < -0.4 is 5.32 Å². The number of sulfonamides is 1. The molecule has 0 aliphatic heterocycles. The molecule has 1 aliphatic rings. The van der Waals surface area contributed by atoms with Gasteiger partial charge in [-0.05, 0) is 68.9 Å². The van der Waals surface area contributed by atoms with Crippen molar-refractivity contribution in [3.8, 4) is 0 Å². The van der Waals surface area contributed by atoms with Gasteiger partial charge in [0.25, 0.3) is 5.91 Å². The lowest BCUT2D eigenvalue weighted by molar-refractivity contribution is 0.0954. The van der Waals surface area contributed by atoms with Crippen molar-refractivity contribution in [2.24, 2.45) is 0 Å². The summed E-state index contributed by atoms with van der Waals surface area (Å²) in [5.74, 6) is -0.0948. The molecule has 5 nitrogen and oxygen atoms in total.